The number of anilines is 1. The Balaban J connectivity index is 2.58. The SMILES string of the molecule is CCN(CC(=O)NC(C)C)Cc1cccc(NC)n1. The summed E-state index contributed by atoms with van der Waals surface area (Å²) in [6.45, 7) is 7.87. The molecule has 0 bridgehead atoms. The zero-order valence-electron chi connectivity index (χ0n) is 12.2. The number of hydrogen-bond donors (Lipinski definition) is 2. The fourth-order valence-corrected chi connectivity index (χ4v) is 1.79. The molecule has 0 atom stereocenters. The van der Waals surface area contributed by atoms with Crippen LogP contribution in [0.4, 0.5) is 5.82 Å². The summed E-state index contributed by atoms with van der Waals surface area (Å²) < 4.78 is 0. The summed E-state index contributed by atoms with van der Waals surface area (Å²) >= 11 is 0. The van der Waals surface area contributed by atoms with Gasteiger partial charge in [0.05, 0.1) is 12.2 Å². The Kier molecular flexibility index (Phi) is 6.29. The quantitative estimate of drug-likeness (QED) is 0.783. The van der Waals surface area contributed by atoms with Gasteiger partial charge in [-0.3, -0.25) is 9.69 Å². The van der Waals surface area contributed by atoms with Crippen molar-refractivity contribution >= 4 is 11.7 Å². The average molecular weight is 264 g/mol. The van der Waals surface area contributed by atoms with E-state index in [4.69, 9.17) is 0 Å². The molecule has 0 aliphatic heterocycles. The van der Waals surface area contributed by atoms with Gasteiger partial charge >= 0.3 is 0 Å². The van der Waals surface area contributed by atoms with Gasteiger partial charge in [0.1, 0.15) is 5.82 Å². The van der Waals surface area contributed by atoms with Gasteiger partial charge in [-0.2, -0.15) is 0 Å². The second-order valence-corrected chi connectivity index (χ2v) is 4.79. The summed E-state index contributed by atoms with van der Waals surface area (Å²) in [6, 6.07) is 6.04. The Morgan fingerprint density at radius 2 is 2.16 bits per heavy atom. The summed E-state index contributed by atoms with van der Waals surface area (Å²) in [6.07, 6.45) is 0. The smallest absolute Gasteiger partial charge is 0.234 e. The molecule has 106 valence electrons. The van der Waals surface area contributed by atoms with Gasteiger partial charge in [-0.1, -0.05) is 13.0 Å². The van der Waals surface area contributed by atoms with Gasteiger partial charge in [-0.25, -0.2) is 4.98 Å². The van der Waals surface area contributed by atoms with Crippen molar-refractivity contribution in [3.63, 3.8) is 0 Å². The number of hydrogen-bond acceptors (Lipinski definition) is 4. The average Bonchev–Trinajstić information content (AvgIpc) is 2.37. The monoisotopic (exact) mass is 264 g/mol. The maximum atomic E-state index is 11.8. The van der Waals surface area contributed by atoms with Crippen LogP contribution < -0.4 is 10.6 Å². The molecule has 1 aromatic rings. The van der Waals surface area contributed by atoms with E-state index in [0.717, 1.165) is 18.1 Å². The van der Waals surface area contributed by atoms with E-state index in [1.807, 2.05) is 46.0 Å². The van der Waals surface area contributed by atoms with Crippen LogP contribution in [-0.4, -0.2) is 42.0 Å². The van der Waals surface area contributed by atoms with Crippen LogP contribution in [-0.2, 0) is 11.3 Å². The predicted octanol–water partition coefficient (Wildman–Crippen LogP) is 1.47. The minimum absolute atomic E-state index is 0.0571. The van der Waals surface area contributed by atoms with Crippen LogP contribution in [0.1, 0.15) is 26.5 Å². The molecule has 1 amide bonds. The van der Waals surface area contributed by atoms with Crippen LogP contribution >= 0.6 is 0 Å². The van der Waals surface area contributed by atoms with Crippen molar-refractivity contribution in [1.82, 2.24) is 15.2 Å². The topological polar surface area (TPSA) is 57.3 Å². The van der Waals surface area contributed by atoms with E-state index >= 15 is 0 Å². The molecule has 1 rings (SSSR count). The van der Waals surface area contributed by atoms with E-state index in [2.05, 4.69) is 20.5 Å². The molecular weight excluding hydrogens is 240 g/mol. The number of carbonyl (C=O) groups is 1. The van der Waals surface area contributed by atoms with Gasteiger partial charge in [0, 0.05) is 19.6 Å². The van der Waals surface area contributed by atoms with Crippen LogP contribution in [0.5, 0.6) is 0 Å². The molecule has 1 heterocycles. The van der Waals surface area contributed by atoms with Crippen LogP contribution in [0.3, 0.4) is 0 Å². The molecule has 0 aromatic carbocycles. The molecule has 0 spiro atoms. The highest BCUT2D eigenvalue weighted by atomic mass is 16.2. The molecule has 2 N–H and O–H groups in total. The third-order valence-corrected chi connectivity index (χ3v) is 2.71. The van der Waals surface area contributed by atoms with Gasteiger partial charge in [0.2, 0.25) is 5.91 Å². The number of likely N-dealkylation sites (N-methyl/N-ethyl adjacent to an activating group) is 1. The molecule has 0 unspecified atom stereocenters. The highest BCUT2D eigenvalue weighted by Crippen LogP contribution is 2.06. The molecule has 0 saturated carbocycles. The van der Waals surface area contributed by atoms with E-state index in [9.17, 15) is 4.79 Å². The Bertz CT molecular complexity index is 406. The molecule has 5 heteroatoms. The van der Waals surface area contributed by atoms with Gasteiger partial charge in [-0.05, 0) is 32.5 Å². The number of amides is 1. The summed E-state index contributed by atoms with van der Waals surface area (Å²) in [7, 11) is 1.85. The van der Waals surface area contributed by atoms with Crippen LogP contribution in [0.2, 0.25) is 0 Å². The second-order valence-electron chi connectivity index (χ2n) is 4.79. The predicted molar refractivity (Wildman–Crippen MR) is 78.0 cm³/mol. The second kappa shape index (κ2) is 7.74. The van der Waals surface area contributed by atoms with Crippen molar-refractivity contribution in [3.05, 3.63) is 23.9 Å². The zero-order chi connectivity index (χ0) is 14.3. The maximum Gasteiger partial charge on any atom is 0.234 e. The fraction of sp³-hybridized carbons (Fsp3) is 0.571. The van der Waals surface area contributed by atoms with E-state index in [0.29, 0.717) is 13.1 Å². The zero-order valence-corrected chi connectivity index (χ0v) is 12.2. The maximum absolute atomic E-state index is 11.8. The third-order valence-electron chi connectivity index (χ3n) is 2.71. The van der Waals surface area contributed by atoms with Gasteiger partial charge in [0.25, 0.3) is 0 Å². The first-order valence-corrected chi connectivity index (χ1v) is 6.70. The molecule has 5 nitrogen and oxygen atoms in total. The Hall–Kier alpha value is -1.62. The van der Waals surface area contributed by atoms with Crippen molar-refractivity contribution in [2.75, 3.05) is 25.5 Å². The largest absolute Gasteiger partial charge is 0.373 e. The lowest BCUT2D eigenvalue weighted by Crippen LogP contribution is -2.39. The lowest BCUT2D eigenvalue weighted by atomic mass is 10.3. The molecule has 0 aliphatic carbocycles. The summed E-state index contributed by atoms with van der Waals surface area (Å²) in [5.74, 6) is 0.904. The first-order valence-electron chi connectivity index (χ1n) is 6.70. The summed E-state index contributed by atoms with van der Waals surface area (Å²) in [5.41, 5.74) is 0.964. The standard InChI is InChI=1S/C14H24N4O/c1-5-18(10-14(19)16-11(2)3)9-12-7-6-8-13(15-4)17-12/h6-8,11H,5,9-10H2,1-4H3,(H,15,17)(H,16,19). The first-order chi connectivity index (χ1) is 9.05. The van der Waals surface area contributed by atoms with Crippen molar-refractivity contribution in [2.45, 2.75) is 33.4 Å². The number of carbonyl (C=O) groups excluding carboxylic acids is 1. The van der Waals surface area contributed by atoms with E-state index in [1.54, 1.807) is 0 Å². The third kappa shape index (κ3) is 5.70. The van der Waals surface area contributed by atoms with E-state index < -0.39 is 0 Å². The van der Waals surface area contributed by atoms with Crippen molar-refractivity contribution in [1.29, 1.82) is 0 Å². The Labute approximate surface area is 115 Å². The highest BCUT2D eigenvalue weighted by Gasteiger charge is 2.11. The first kappa shape index (κ1) is 15.4. The van der Waals surface area contributed by atoms with Crippen LogP contribution in [0, 0.1) is 0 Å². The lowest BCUT2D eigenvalue weighted by molar-refractivity contribution is -0.122. The number of rotatable bonds is 7. The molecule has 0 fully saturated rings. The van der Waals surface area contributed by atoms with Gasteiger partial charge in [0.15, 0.2) is 0 Å². The van der Waals surface area contributed by atoms with Crippen LogP contribution in [0.15, 0.2) is 18.2 Å². The molecule has 0 radical (unpaired) electrons. The number of pyridine rings is 1. The molecule has 19 heavy (non-hydrogen) atoms. The fourth-order valence-electron chi connectivity index (χ4n) is 1.79. The lowest BCUT2D eigenvalue weighted by Gasteiger charge is -2.20. The number of nitrogens with one attached hydrogen (secondary N) is 2. The molecule has 1 aromatic heterocycles. The minimum atomic E-state index is 0.0571. The molecule has 0 aliphatic rings. The number of nitrogens with zero attached hydrogens (tertiary/aromatic N) is 2. The Morgan fingerprint density at radius 3 is 2.74 bits per heavy atom. The van der Waals surface area contributed by atoms with Crippen molar-refractivity contribution < 1.29 is 4.79 Å². The Morgan fingerprint density at radius 1 is 1.42 bits per heavy atom. The minimum Gasteiger partial charge on any atom is -0.373 e. The number of aromatic nitrogens is 1. The van der Waals surface area contributed by atoms with E-state index in [-0.39, 0.29) is 11.9 Å². The van der Waals surface area contributed by atoms with Crippen molar-refractivity contribution in [2.24, 2.45) is 0 Å². The van der Waals surface area contributed by atoms with Crippen molar-refractivity contribution in [3.8, 4) is 0 Å². The summed E-state index contributed by atoms with van der Waals surface area (Å²) in [4.78, 5) is 18.3. The normalized spacial score (nSPS) is 10.8. The van der Waals surface area contributed by atoms with Gasteiger partial charge in [-0.15, -0.1) is 0 Å². The highest BCUT2D eigenvalue weighted by molar-refractivity contribution is 5.78. The summed E-state index contributed by atoms with van der Waals surface area (Å²) in [5, 5.41) is 5.92. The van der Waals surface area contributed by atoms with Gasteiger partial charge < -0.3 is 10.6 Å². The molecular formula is C14H24N4O. The molecule has 0 saturated heterocycles. The van der Waals surface area contributed by atoms with E-state index in [1.165, 1.54) is 0 Å². The van der Waals surface area contributed by atoms with Crippen LogP contribution in [0.25, 0.3) is 0 Å².